The molecule has 0 amide bonds. The van der Waals surface area contributed by atoms with Gasteiger partial charge in [0, 0.05) is 25.8 Å². The molecule has 8 heteroatoms. The lowest BCUT2D eigenvalue weighted by Crippen LogP contribution is -2.37. The fourth-order valence-electron chi connectivity index (χ4n) is 2.68. The molecule has 0 atom stereocenters. The van der Waals surface area contributed by atoms with Crippen molar-refractivity contribution in [2.75, 3.05) is 26.2 Å². The number of likely N-dealkylation sites (tertiary alicyclic amines) is 1. The smallest absolute Gasteiger partial charge is 0.352 e. The zero-order valence-corrected chi connectivity index (χ0v) is 13.6. The number of aromatic carboxylic acids is 1. The predicted molar refractivity (Wildman–Crippen MR) is 82.5 cm³/mol. The molecule has 2 heterocycles. The first kappa shape index (κ1) is 17.0. The van der Waals surface area contributed by atoms with Crippen LogP contribution >= 0.6 is 0 Å². The summed E-state index contributed by atoms with van der Waals surface area (Å²) in [6.07, 6.45) is 4.93. The van der Waals surface area contributed by atoms with Gasteiger partial charge in [-0.25, -0.2) is 17.9 Å². The van der Waals surface area contributed by atoms with E-state index in [0.29, 0.717) is 19.6 Å². The van der Waals surface area contributed by atoms with Crippen LogP contribution in [-0.4, -0.2) is 55.1 Å². The highest BCUT2D eigenvalue weighted by atomic mass is 32.2. The normalized spacial score (nSPS) is 16.8. The number of aryl methyl sites for hydroxylation is 1. The van der Waals surface area contributed by atoms with Crippen LogP contribution in [0.1, 0.15) is 36.7 Å². The summed E-state index contributed by atoms with van der Waals surface area (Å²) < 4.78 is 28.5. The second-order valence-electron chi connectivity index (χ2n) is 5.45. The van der Waals surface area contributed by atoms with E-state index in [2.05, 4.69) is 9.62 Å². The molecule has 1 aromatic heterocycles. The Morgan fingerprint density at radius 2 is 2.00 bits per heavy atom. The Morgan fingerprint density at radius 1 is 1.32 bits per heavy atom. The molecule has 2 rings (SSSR count). The maximum Gasteiger partial charge on any atom is 0.352 e. The molecule has 0 saturated carbocycles. The van der Waals surface area contributed by atoms with E-state index in [9.17, 15) is 13.2 Å². The molecule has 1 aliphatic rings. The molecular formula is C14H23N3O4S. The van der Waals surface area contributed by atoms with E-state index in [1.165, 1.54) is 23.3 Å². The second kappa shape index (κ2) is 7.26. The number of nitrogens with zero attached hydrogens (tertiary/aromatic N) is 2. The number of carbonyl (C=O) groups is 1. The third kappa shape index (κ3) is 4.08. The van der Waals surface area contributed by atoms with Crippen LogP contribution in [0, 0.1) is 0 Å². The van der Waals surface area contributed by atoms with Gasteiger partial charge in [-0.1, -0.05) is 6.42 Å². The number of hydrogen-bond acceptors (Lipinski definition) is 4. The van der Waals surface area contributed by atoms with Gasteiger partial charge in [0.05, 0.1) is 0 Å². The first-order valence-electron chi connectivity index (χ1n) is 7.59. The van der Waals surface area contributed by atoms with Gasteiger partial charge in [-0.15, -0.1) is 0 Å². The summed E-state index contributed by atoms with van der Waals surface area (Å²) in [7, 11) is -3.67. The lowest BCUT2D eigenvalue weighted by atomic mass is 10.1. The Hall–Kier alpha value is -1.38. The third-order valence-corrected chi connectivity index (χ3v) is 5.34. The summed E-state index contributed by atoms with van der Waals surface area (Å²) in [5.74, 6) is -1.13. The molecule has 1 aromatic rings. The van der Waals surface area contributed by atoms with E-state index >= 15 is 0 Å². The minimum atomic E-state index is -3.67. The first-order chi connectivity index (χ1) is 10.4. The predicted octanol–water partition coefficient (Wildman–Crippen LogP) is 0.970. The van der Waals surface area contributed by atoms with Crippen molar-refractivity contribution in [3.8, 4) is 0 Å². The summed E-state index contributed by atoms with van der Waals surface area (Å²) in [5.41, 5.74) is -0.0149. The minimum Gasteiger partial charge on any atom is -0.477 e. The van der Waals surface area contributed by atoms with E-state index in [1.54, 1.807) is 6.92 Å². The molecule has 124 valence electrons. The van der Waals surface area contributed by atoms with Gasteiger partial charge in [-0.05, 0) is 38.9 Å². The Bertz CT molecular complexity index is 618. The molecule has 0 aliphatic carbocycles. The van der Waals surface area contributed by atoms with E-state index in [4.69, 9.17) is 5.11 Å². The third-order valence-electron chi connectivity index (χ3n) is 3.91. The minimum absolute atomic E-state index is 0.00499. The van der Waals surface area contributed by atoms with Crippen LogP contribution in [0.2, 0.25) is 0 Å². The number of hydrogen-bond donors (Lipinski definition) is 2. The van der Waals surface area contributed by atoms with Crippen molar-refractivity contribution < 1.29 is 18.3 Å². The number of nitrogens with one attached hydrogen (secondary N) is 1. The van der Waals surface area contributed by atoms with Crippen LogP contribution in [0.4, 0.5) is 0 Å². The average Bonchev–Trinajstić information content (AvgIpc) is 2.93. The van der Waals surface area contributed by atoms with Crippen molar-refractivity contribution in [1.82, 2.24) is 14.2 Å². The lowest BCUT2D eigenvalue weighted by Gasteiger charge is -2.26. The number of aromatic nitrogens is 1. The standard InChI is InChI=1S/C14H23N3O4S/c1-2-17-11-12(10-13(17)14(18)19)22(20,21)15-6-9-16-7-4-3-5-8-16/h10-11,15H,2-9H2,1H3,(H,18,19). The zero-order chi connectivity index (χ0) is 16.2. The summed E-state index contributed by atoms with van der Waals surface area (Å²) in [6.45, 7) is 5.22. The lowest BCUT2D eigenvalue weighted by molar-refractivity contribution is 0.0685. The summed E-state index contributed by atoms with van der Waals surface area (Å²) >= 11 is 0. The van der Waals surface area contributed by atoms with Gasteiger partial charge in [0.25, 0.3) is 0 Å². The average molecular weight is 329 g/mol. The zero-order valence-electron chi connectivity index (χ0n) is 12.8. The Balaban J connectivity index is 1.99. The number of piperidine rings is 1. The molecular weight excluding hydrogens is 306 g/mol. The molecule has 0 aromatic carbocycles. The van der Waals surface area contributed by atoms with Crippen LogP contribution in [0.5, 0.6) is 0 Å². The molecule has 0 spiro atoms. The van der Waals surface area contributed by atoms with E-state index in [1.807, 2.05) is 0 Å². The summed E-state index contributed by atoms with van der Waals surface area (Å²) in [5, 5.41) is 9.08. The number of carboxylic acid groups (broad SMARTS) is 1. The SMILES string of the molecule is CCn1cc(S(=O)(=O)NCCN2CCCCC2)cc1C(=O)O. The van der Waals surface area contributed by atoms with E-state index in [-0.39, 0.29) is 10.6 Å². The van der Waals surface area contributed by atoms with Gasteiger partial charge in [0.1, 0.15) is 10.6 Å². The largest absolute Gasteiger partial charge is 0.477 e. The molecule has 7 nitrogen and oxygen atoms in total. The highest BCUT2D eigenvalue weighted by Crippen LogP contribution is 2.15. The fourth-order valence-corrected chi connectivity index (χ4v) is 3.74. The molecule has 0 radical (unpaired) electrons. The van der Waals surface area contributed by atoms with Crippen LogP contribution in [0.3, 0.4) is 0 Å². The Morgan fingerprint density at radius 3 is 2.55 bits per heavy atom. The monoisotopic (exact) mass is 329 g/mol. The maximum absolute atomic E-state index is 12.2. The number of carboxylic acids is 1. The molecule has 1 fully saturated rings. The van der Waals surface area contributed by atoms with E-state index < -0.39 is 16.0 Å². The first-order valence-corrected chi connectivity index (χ1v) is 9.08. The van der Waals surface area contributed by atoms with Gasteiger partial charge in [0.2, 0.25) is 10.0 Å². The summed E-state index contributed by atoms with van der Waals surface area (Å²) in [6, 6.07) is 1.20. The van der Waals surface area contributed by atoms with Crippen molar-refractivity contribution in [2.45, 2.75) is 37.6 Å². The number of rotatable bonds is 7. The second-order valence-corrected chi connectivity index (χ2v) is 7.22. The fraction of sp³-hybridized carbons (Fsp3) is 0.643. The Labute approximate surface area is 131 Å². The number of sulfonamides is 1. The van der Waals surface area contributed by atoms with Crippen molar-refractivity contribution in [2.24, 2.45) is 0 Å². The van der Waals surface area contributed by atoms with Crippen molar-refractivity contribution in [1.29, 1.82) is 0 Å². The van der Waals surface area contributed by atoms with Gasteiger partial charge >= 0.3 is 5.97 Å². The Kier molecular flexibility index (Phi) is 5.60. The highest BCUT2D eigenvalue weighted by Gasteiger charge is 2.21. The van der Waals surface area contributed by atoms with Crippen LogP contribution in [-0.2, 0) is 16.6 Å². The maximum atomic E-state index is 12.2. The molecule has 1 aliphatic heterocycles. The molecule has 1 saturated heterocycles. The van der Waals surface area contributed by atoms with Gasteiger partial charge in [0.15, 0.2) is 0 Å². The van der Waals surface area contributed by atoms with Gasteiger partial charge < -0.3 is 14.6 Å². The van der Waals surface area contributed by atoms with Crippen molar-refractivity contribution in [3.63, 3.8) is 0 Å². The quantitative estimate of drug-likeness (QED) is 0.778. The van der Waals surface area contributed by atoms with Crippen LogP contribution in [0.15, 0.2) is 17.2 Å². The summed E-state index contributed by atoms with van der Waals surface area (Å²) in [4.78, 5) is 13.3. The molecule has 22 heavy (non-hydrogen) atoms. The van der Waals surface area contributed by atoms with Crippen LogP contribution < -0.4 is 4.72 Å². The van der Waals surface area contributed by atoms with Gasteiger partial charge in [-0.2, -0.15) is 0 Å². The molecule has 0 unspecified atom stereocenters. The van der Waals surface area contributed by atoms with E-state index in [0.717, 1.165) is 25.9 Å². The van der Waals surface area contributed by atoms with Gasteiger partial charge in [-0.3, -0.25) is 0 Å². The highest BCUT2D eigenvalue weighted by molar-refractivity contribution is 7.89. The topological polar surface area (TPSA) is 91.6 Å². The van der Waals surface area contributed by atoms with Crippen molar-refractivity contribution >= 4 is 16.0 Å². The van der Waals surface area contributed by atoms with Crippen molar-refractivity contribution in [3.05, 3.63) is 18.0 Å². The molecule has 2 N–H and O–H groups in total. The van der Waals surface area contributed by atoms with Crippen LogP contribution in [0.25, 0.3) is 0 Å². The molecule has 0 bridgehead atoms.